The second kappa shape index (κ2) is 18.2. The first-order chi connectivity index (χ1) is 24.4. The van der Waals surface area contributed by atoms with Gasteiger partial charge in [-0.25, -0.2) is 0 Å². The lowest BCUT2D eigenvalue weighted by Crippen LogP contribution is -2.29. The molecule has 0 saturated carbocycles. The summed E-state index contributed by atoms with van der Waals surface area (Å²) >= 11 is 2.15. The lowest BCUT2D eigenvalue weighted by molar-refractivity contribution is -0.114. The van der Waals surface area contributed by atoms with Crippen molar-refractivity contribution >= 4 is 71.4 Å². The number of halogens is 1. The SMILES string of the molecule is CB(O)n1cc(B(O)O)cn1.CC(=O)Nc1cccc(-n2cc(I)ccc2=O)c1.CCC(=O)c1cccc(-n2cc(C3=CCN=C3)ccc2=O)c1. The predicted octanol–water partition coefficient (Wildman–Crippen LogP) is 2.82. The molecule has 0 saturated heterocycles. The molecule has 13 nitrogen and oxygen atoms in total. The molecule has 0 bridgehead atoms. The number of aromatic nitrogens is 4. The van der Waals surface area contributed by atoms with Crippen LogP contribution in [0.4, 0.5) is 5.69 Å². The third-order valence-electron chi connectivity index (χ3n) is 7.28. The predicted molar refractivity (Wildman–Crippen MR) is 208 cm³/mol. The van der Waals surface area contributed by atoms with Gasteiger partial charge >= 0.3 is 14.2 Å². The quantitative estimate of drug-likeness (QED) is 0.105. The third-order valence-corrected chi connectivity index (χ3v) is 7.92. The fraction of sp³-hybridized carbons (Fsp3) is 0.143. The van der Waals surface area contributed by atoms with Gasteiger partial charge in [0.2, 0.25) is 5.91 Å². The van der Waals surface area contributed by atoms with E-state index in [-0.39, 0.29) is 28.3 Å². The highest BCUT2D eigenvalue weighted by molar-refractivity contribution is 14.1. The molecule has 16 heteroatoms. The lowest BCUT2D eigenvalue weighted by Gasteiger charge is -2.09. The van der Waals surface area contributed by atoms with Crippen molar-refractivity contribution in [1.82, 2.24) is 18.8 Å². The molecule has 0 aliphatic carbocycles. The molecule has 3 aromatic heterocycles. The number of amides is 1. The first-order valence-electron chi connectivity index (χ1n) is 15.8. The van der Waals surface area contributed by atoms with Crippen molar-refractivity contribution in [2.24, 2.45) is 4.99 Å². The van der Waals surface area contributed by atoms with Gasteiger partial charge in [0.15, 0.2) is 5.78 Å². The fourth-order valence-electron chi connectivity index (χ4n) is 4.73. The van der Waals surface area contributed by atoms with Gasteiger partial charge in [-0.3, -0.25) is 37.9 Å². The Hall–Kier alpha value is -5.16. The highest BCUT2D eigenvalue weighted by Gasteiger charge is 2.16. The van der Waals surface area contributed by atoms with Gasteiger partial charge in [-0.15, -0.1) is 0 Å². The van der Waals surface area contributed by atoms with E-state index in [1.807, 2.05) is 25.1 Å². The summed E-state index contributed by atoms with van der Waals surface area (Å²) in [5.74, 6) is -0.0705. The molecular formula is C35H35B2IN6O7. The monoisotopic (exact) mass is 800 g/mol. The summed E-state index contributed by atoms with van der Waals surface area (Å²) < 4.78 is 5.31. The Morgan fingerprint density at radius 3 is 2.16 bits per heavy atom. The summed E-state index contributed by atoms with van der Waals surface area (Å²) in [6.07, 6.45) is 10.5. The second-order valence-electron chi connectivity index (χ2n) is 11.2. The Morgan fingerprint density at radius 2 is 1.57 bits per heavy atom. The number of carbonyl (C=O) groups is 2. The number of anilines is 1. The van der Waals surface area contributed by atoms with Gasteiger partial charge in [0.25, 0.3) is 11.1 Å². The number of benzene rings is 2. The zero-order valence-electron chi connectivity index (χ0n) is 28.0. The molecule has 1 aliphatic rings. The minimum atomic E-state index is -1.53. The summed E-state index contributed by atoms with van der Waals surface area (Å²) in [5, 5.41) is 32.6. The van der Waals surface area contributed by atoms with Crippen LogP contribution in [0.5, 0.6) is 0 Å². The van der Waals surface area contributed by atoms with E-state index in [1.54, 1.807) is 76.3 Å². The molecule has 260 valence electrons. The van der Waals surface area contributed by atoms with Crippen LogP contribution >= 0.6 is 22.6 Å². The molecule has 0 atom stereocenters. The topological polar surface area (TPSA) is 181 Å². The standard InChI is InChI=1S/C18H16N2O2.C13H11IN2O2.C4H8B2N2O3/c1-2-17(21)13-4-3-5-16(10-13)20-12-15(6-7-18(20)22)14-8-9-19-11-14;1-9(17)15-11-3-2-4-12(7-11)16-8-10(14)5-6-13(16)18;1-5(9)8-3-4(2-7-8)6(10)11/h3-8,10-12H,2,9H2,1H3;2-8H,1H3,(H,15,17);2-3,9-11H,1H3. The molecule has 5 aromatic rings. The van der Waals surface area contributed by atoms with Crippen LogP contribution in [0.1, 0.15) is 36.2 Å². The van der Waals surface area contributed by atoms with Gasteiger partial charge in [-0.05, 0) is 83.0 Å². The van der Waals surface area contributed by atoms with Gasteiger partial charge in [0.1, 0.15) is 0 Å². The zero-order valence-corrected chi connectivity index (χ0v) is 30.2. The lowest BCUT2D eigenvalue weighted by atomic mass is 9.82. The number of aliphatic imine (C=N–C) groups is 1. The van der Waals surface area contributed by atoms with Crippen molar-refractivity contribution in [2.45, 2.75) is 27.1 Å². The van der Waals surface area contributed by atoms with Crippen LogP contribution in [0.15, 0.2) is 118 Å². The van der Waals surface area contributed by atoms with E-state index in [0.717, 1.165) is 20.4 Å². The van der Waals surface area contributed by atoms with Crippen LogP contribution in [0.25, 0.3) is 16.9 Å². The van der Waals surface area contributed by atoms with E-state index in [2.05, 4.69) is 38.0 Å². The van der Waals surface area contributed by atoms with Crippen molar-refractivity contribution in [2.75, 3.05) is 11.9 Å². The molecule has 6 rings (SSSR count). The molecule has 1 aliphatic heterocycles. The van der Waals surface area contributed by atoms with Gasteiger partial charge in [0, 0.05) is 82.5 Å². The highest BCUT2D eigenvalue weighted by Crippen LogP contribution is 2.17. The molecule has 0 unspecified atom stereocenters. The number of pyridine rings is 2. The molecule has 2 aromatic carbocycles. The Kier molecular flexibility index (Phi) is 13.8. The maximum Gasteiger partial charge on any atom is 0.491 e. The summed E-state index contributed by atoms with van der Waals surface area (Å²) in [6, 6.07) is 20.9. The largest absolute Gasteiger partial charge is 0.491 e. The van der Waals surface area contributed by atoms with Gasteiger partial charge in [0.05, 0.1) is 12.2 Å². The Balaban J connectivity index is 0.000000181. The molecule has 0 radical (unpaired) electrons. The van der Waals surface area contributed by atoms with Crippen LogP contribution < -0.4 is 21.9 Å². The summed E-state index contributed by atoms with van der Waals surface area (Å²) in [5.41, 5.74) is 4.71. The molecule has 51 heavy (non-hydrogen) atoms. The van der Waals surface area contributed by atoms with Crippen LogP contribution in [0, 0.1) is 3.57 Å². The molecule has 4 heterocycles. The Morgan fingerprint density at radius 1 is 0.902 bits per heavy atom. The molecule has 0 spiro atoms. The number of nitrogens with zero attached hydrogens (tertiary/aromatic N) is 5. The van der Waals surface area contributed by atoms with E-state index >= 15 is 0 Å². The van der Waals surface area contributed by atoms with E-state index < -0.39 is 14.2 Å². The van der Waals surface area contributed by atoms with Crippen LogP contribution in [-0.2, 0) is 4.79 Å². The second-order valence-corrected chi connectivity index (χ2v) is 12.4. The first-order valence-corrected chi connectivity index (χ1v) is 16.8. The summed E-state index contributed by atoms with van der Waals surface area (Å²) in [6.45, 7) is 5.48. The van der Waals surface area contributed by atoms with Crippen molar-refractivity contribution in [3.8, 4) is 11.4 Å². The van der Waals surface area contributed by atoms with Crippen LogP contribution in [0.3, 0.4) is 0 Å². The molecule has 1 amide bonds. The average Bonchev–Trinajstić information content (AvgIpc) is 3.84. The Bertz CT molecular complexity index is 2170. The average molecular weight is 800 g/mol. The molecular weight excluding hydrogens is 765 g/mol. The minimum Gasteiger partial charge on any atom is -0.431 e. The number of carbonyl (C=O) groups excluding carboxylic acids is 2. The van der Waals surface area contributed by atoms with Crippen LogP contribution in [0.2, 0.25) is 6.82 Å². The van der Waals surface area contributed by atoms with Crippen molar-refractivity contribution < 1.29 is 24.7 Å². The molecule has 4 N–H and O–H groups in total. The van der Waals surface area contributed by atoms with E-state index in [4.69, 9.17) is 15.1 Å². The number of nitrogens with one attached hydrogen (secondary N) is 1. The van der Waals surface area contributed by atoms with Gasteiger partial charge in [-0.1, -0.05) is 31.2 Å². The van der Waals surface area contributed by atoms with Gasteiger partial charge in [-0.2, -0.15) is 5.10 Å². The number of rotatable bonds is 8. The normalized spacial score (nSPS) is 11.4. The first kappa shape index (κ1) is 38.6. The maximum atomic E-state index is 12.2. The number of hydrogen-bond acceptors (Lipinski definition) is 9. The number of Topliss-reactive ketones (excluding diaryl/α,β-unsaturated/α-hetero) is 1. The van der Waals surface area contributed by atoms with E-state index in [0.29, 0.717) is 29.9 Å². The number of allylic oxidation sites excluding steroid dienone is 1. The van der Waals surface area contributed by atoms with Gasteiger partial charge < -0.3 is 20.4 Å². The highest BCUT2D eigenvalue weighted by atomic mass is 127. The van der Waals surface area contributed by atoms with Crippen LogP contribution in [-0.4, -0.2) is 72.5 Å². The van der Waals surface area contributed by atoms with Crippen molar-refractivity contribution in [3.63, 3.8) is 0 Å². The third kappa shape index (κ3) is 10.9. The van der Waals surface area contributed by atoms with E-state index in [9.17, 15) is 19.2 Å². The summed E-state index contributed by atoms with van der Waals surface area (Å²) in [7, 11) is -2.27. The van der Waals surface area contributed by atoms with E-state index in [1.165, 1.54) is 42.9 Å². The minimum absolute atomic E-state index is 0.0664. The number of hydrogen-bond donors (Lipinski definition) is 4. The number of ketones is 1. The van der Waals surface area contributed by atoms with Crippen molar-refractivity contribution in [3.05, 3.63) is 139 Å². The molecule has 0 fully saturated rings. The fourth-order valence-corrected chi connectivity index (χ4v) is 5.19. The zero-order chi connectivity index (χ0) is 37.1. The van der Waals surface area contributed by atoms with Crippen molar-refractivity contribution in [1.29, 1.82) is 0 Å². The Labute approximate surface area is 308 Å². The summed E-state index contributed by atoms with van der Waals surface area (Å²) in [4.78, 5) is 50.9. The maximum absolute atomic E-state index is 12.2. The smallest absolute Gasteiger partial charge is 0.431 e.